The molecule has 4 heteroatoms. The van der Waals surface area contributed by atoms with Crippen LogP contribution >= 0.6 is 11.6 Å². The molecule has 0 bridgehead atoms. The molecule has 1 saturated carbocycles. The summed E-state index contributed by atoms with van der Waals surface area (Å²) in [6.45, 7) is 1.80. The standard InChI is InChI=1S/C15H20ClNO2/c16-13-6-10-4-5-19-15(10)12(7-13)8-17-14-3-1-2-11(14)9-18/h6-7,11,14,17-18H,1-5,8-9H2. The van der Waals surface area contributed by atoms with Crippen molar-refractivity contribution in [3.05, 3.63) is 28.3 Å². The van der Waals surface area contributed by atoms with Gasteiger partial charge in [-0.15, -0.1) is 0 Å². The van der Waals surface area contributed by atoms with Gasteiger partial charge in [0.1, 0.15) is 5.75 Å². The summed E-state index contributed by atoms with van der Waals surface area (Å²) in [6.07, 6.45) is 4.42. The first kappa shape index (κ1) is 13.2. The van der Waals surface area contributed by atoms with Crippen molar-refractivity contribution in [1.82, 2.24) is 5.32 Å². The van der Waals surface area contributed by atoms with Crippen LogP contribution in [0.1, 0.15) is 30.4 Å². The minimum Gasteiger partial charge on any atom is -0.493 e. The molecule has 2 atom stereocenters. The molecule has 2 N–H and O–H groups in total. The Labute approximate surface area is 118 Å². The number of aliphatic hydroxyl groups is 1. The van der Waals surface area contributed by atoms with Gasteiger partial charge in [0.25, 0.3) is 0 Å². The van der Waals surface area contributed by atoms with Crippen molar-refractivity contribution >= 4 is 11.6 Å². The van der Waals surface area contributed by atoms with E-state index >= 15 is 0 Å². The molecule has 0 radical (unpaired) electrons. The Morgan fingerprint density at radius 1 is 1.37 bits per heavy atom. The predicted molar refractivity (Wildman–Crippen MR) is 75.7 cm³/mol. The number of halogens is 1. The zero-order valence-electron chi connectivity index (χ0n) is 11.0. The number of hydrogen-bond acceptors (Lipinski definition) is 3. The molecule has 2 unspecified atom stereocenters. The third kappa shape index (κ3) is 2.73. The maximum absolute atomic E-state index is 9.35. The van der Waals surface area contributed by atoms with Crippen LogP contribution in [0, 0.1) is 5.92 Å². The summed E-state index contributed by atoms with van der Waals surface area (Å²) in [5, 5.41) is 13.7. The SMILES string of the molecule is OCC1CCCC1NCc1cc(Cl)cc2c1OCC2. The van der Waals surface area contributed by atoms with Gasteiger partial charge in [0.2, 0.25) is 0 Å². The van der Waals surface area contributed by atoms with Crippen molar-refractivity contribution in [3.8, 4) is 5.75 Å². The second-order valence-corrected chi connectivity index (χ2v) is 5.95. The molecule has 0 aromatic heterocycles. The van der Waals surface area contributed by atoms with E-state index in [0.717, 1.165) is 48.7 Å². The van der Waals surface area contributed by atoms with Gasteiger partial charge in [0.15, 0.2) is 0 Å². The highest BCUT2D eigenvalue weighted by Crippen LogP contribution is 2.33. The van der Waals surface area contributed by atoms with E-state index in [1.807, 2.05) is 12.1 Å². The predicted octanol–water partition coefficient (Wildman–Crippen LogP) is 2.53. The fourth-order valence-electron chi connectivity index (χ4n) is 3.24. The number of rotatable bonds is 4. The summed E-state index contributed by atoms with van der Waals surface area (Å²) in [5.74, 6) is 1.41. The number of nitrogens with one attached hydrogen (secondary N) is 1. The molecule has 3 nitrogen and oxygen atoms in total. The molecule has 0 saturated heterocycles. The van der Waals surface area contributed by atoms with E-state index in [1.165, 1.54) is 12.0 Å². The lowest BCUT2D eigenvalue weighted by atomic mass is 10.0. The quantitative estimate of drug-likeness (QED) is 0.891. The topological polar surface area (TPSA) is 41.5 Å². The second-order valence-electron chi connectivity index (χ2n) is 5.51. The van der Waals surface area contributed by atoms with E-state index in [9.17, 15) is 5.11 Å². The lowest BCUT2D eigenvalue weighted by Crippen LogP contribution is -2.33. The normalized spacial score (nSPS) is 25.4. The summed E-state index contributed by atoms with van der Waals surface area (Å²) in [4.78, 5) is 0. The number of aliphatic hydroxyl groups excluding tert-OH is 1. The van der Waals surface area contributed by atoms with Gasteiger partial charge in [-0.05, 0) is 36.5 Å². The summed E-state index contributed by atoms with van der Waals surface area (Å²) in [7, 11) is 0. The number of ether oxygens (including phenoxy) is 1. The maximum Gasteiger partial charge on any atom is 0.127 e. The Bertz CT molecular complexity index is 464. The average molecular weight is 282 g/mol. The van der Waals surface area contributed by atoms with Crippen LogP contribution in [0.3, 0.4) is 0 Å². The summed E-state index contributed by atoms with van der Waals surface area (Å²) in [5.41, 5.74) is 2.36. The van der Waals surface area contributed by atoms with Crippen LogP contribution in [0.15, 0.2) is 12.1 Å². The zero-order chi connectivity index (χ0) is 13.2. The molecular weight excluding hydrogens is 262 g/mol. The van der Waals surface area contributed by atoms with Crippen LogP contribution in [0.5, 0.6) is 5.75 Å². The molecule has 1 aliphatic heterocycles. The highest BCUT2D eigenvalue weighted by Gasteiger charge is 2.26. The van der Waals surface area contributed by atoms with Crippen molar-refractivity contribution in [2.75, 3.05) is 13.2 Å². The Morgan fingerprint density at radius 3 is 3.11 bits per heavy atom. The summed E-state index contributed by atoms with van der Waals surface area (Å²) in [6, 6.07) is 4.40. The highest BCUT2D eigenvalue weighted by molar-refractivity contribution is 6.30. The van der Waals surface area contributed by atoms with Gasteiger partial charge in [-0.3, -0.25) is 0 Å². The van der Waals surface area contributed by atoms with E-state index in [1.54, 1.807) is 0 Å². The van der Waals surface area contributed by atoms with Crippen molar-refractivity contribution in [2.24, 2.45) is 5.92 Å². The van der Waals surface area contributed by atoms with E-state index in [2.05, 4.69) is 5.32 Å². The lowest BCUT2D eigenvalue weighted by molar-refractivity contribution is 0.205. The Morgan fingerprint density at radius 2 is 2.26 bits per heavy atom. The van der Waals surface area contributed by atoms with Crippen molar-refractivity contribution in [2.45, 2.75) is 38.3 Å². The van der Waals surface area contributed by atoms with Gasteiger partial charge >= 0.3 is 0 Å². The van der Waals surface area contributed by atoms with Crippen molar-refractivity contribution in [3.63, 3.8) is 0 Å². The molecule has 1 heterocycles. The molecule has 19 heavy (non-hydrogen) atoms. The zero-order valence-corrected chi connectivity index (χ0v) is 11.7. The van der Waals surface area contributed by atoms with E-state index in [0.29, 0.717) is 12.0 Å². The van der Waals surface area contributed by atoms with E-state index in [4.69, 9.17) is 16.3 Å². The van der Waals surface area contributed by atoms with Crippen LogP contribution in [-0.2, 0) is 13.0 Å². The molecule has 0 spiro atoms. The largest absolute Gasteiger partial charge is 0.493 e. The van der Waals surface area contributed by atoms with E-state index in [-0.39, 0.29) is 6.61 Å². The van der Waals surface area contributed by atoms with Crippen molar-refractivity contribution in [1.29, 1.82) is 0 Å². The van der Waals surface area contributed by atoms with Gasteiger partial charge in [0, 0.05) is 36.2 Å². The fourth-order valence-corrected chi connectivity index (χ4v) is 3.51. The molecule has 1 aromatic carbocycles. The molecule has 1 aliphatic carbocycles. The van der Waals surface area contributed by atoms with Crippen LogP contribution in [0.4, 0.5) is 0 Å². The van der Waals surface area contributed by atoms with Gasteiger partial charge in [0.05, 0.1) is 6.61 Å². The minimum atomic E-state index is 0.280. The molecule has 3 rings (SSSR count). The Balaban J connectivity index is 1.70. The number of benzene rings is 1. The van der Waals surface area contributed by atoms with Crippen LogP contribution < -0.4 is 10.1 Å². The Hall–Kier alpha value is -0.770. The van der Waals surface area contributed by atoms with Crippen LogP contribution in [0.2, 0.25) is 5.02 Å². The monoisotopic (exact) mass is 281 g/mol. The summed E-state index contributed by atoms with van der Waals surface area (Å²) >= 11 is 6.16. The van der Waals surface area contributed by atoms with E-state index < -0.39 is 0 Å². The Kier molecular flexibility index (Phi) is 3.96. The number of fused-ring (bicyclic) bond motifs is 1. The smallest absolute Gasteiger partial charge is 0.127 e. The number of hydrogen-bond donors (Lipinski definition) is 2. The third-order valence-electron chi connectivity index (χ3n) is 4.27. The average Bonchev–Trinajstić information content (AvgIpc) is 3.03. The fraction of sp³-hybridized carbons (Fsp3) is 0.600. The van der Waals surface area contributed by atoms with Crippen LogP contribution in [-0.4, -0.2) is 24.4 Å². The second kappa shape index (κ2) is 5.70. The van der Waals surface area contributed by atoms with Gasteiger partial charge < -0.3 is 15.2 Å². The minimum absolute atomic E-state index is 0.280. The van der Waals surface area contributed by atoms with Gasteiger partial charge in [-0.25, -0.2) is 0 Å². The maximum atomic E-state index is 9.35. The molecule has 1 aromatic rings. The van der Waals surface area contributed by atoms with Gasteiger partial charge in [-0.1, -0.05) is 18.0 Å². The molecule has 0 amide bonds. The summed E-state index contributed by atoms with van der Waals surface area (Å²) < 4.78 is 5.70. The van der Waals surface area contributed by atoms with Crippen molar-refractivity contribution < 1.29 is 9.84 Å². The highest BCUT2D eigenvalue weighted by atomic mass is 35.5. The first-order valence-corrected chi connectivity index (χ1v) is 7.44. The first-order valence-electron chi connectivity index (χ1n) is 7.06. The molecule has 1 fully saturated rings. The first-order chi connectivity index (χ1) is 9.28. The molecular formula is C15H20ClNO2. The molecule has 2 aliphatic rings. The lowest BCUT2D eigenvalue weighted by Gasteiger charge is -2.20. The molecule has 104 valence electrons. The van der Waals surface area contributed by atoms with Crippen LogP contribution in [0.25, 0.3) is 0 Å². The van der Waals surface area contributed by atoms with Gasteiger partial charge in [-0.2, -0.15) is 0 Å². The third-order valence-corrected chi connectivity index (χ3v) is 4.49.